The van der Waals surface area contributed by atoms with Gasteiger partial charge in [0.25, 0.3) is 0 Å². The number of carbonyl (C=O) groups is 1. The molecule has 1 heterocycles. The predicted octanol–water partition coefficient (Wildman–Crippen LogP) is 2.15. The molecule has 0 spiro atoms. The van der Waals surface area contributed by atoms with Crippen LogP contribution < -0.4 is 0 Å². The fourth-order valence-corrected chi connectivity index (χ4v) is 0.968. The van der Waals surface area contributed by atoms with Gasteiger partial charge in [-0.15, -0.1) is 6.58 Å². The zero-order valence-corrected chi connectivity index (χ0v) is 7.08. The van der Waals surface area contributed by atoms with Crippen LogP contribution in [-0.2, 0) is 0 Å². The minimum atomic E-state index is 0.0931. The first-order chi connectivity index (χ1) is 5.74. The van der Waals surface area contributed by atoms with Crippen LogP contribution in [0.2, 0.25) is 0 Å². The van der Waals surface area contributed by atoms with Crippen molar-refractivity contribution in [2.75, 3.05) is 0 Å². The average Bonchev–Trinajstić information content (AvgIpc) is 2.05. The molecule has 0 aromatic carbocycles. The number of aromatic nitrogens is 1. The second kappa shape index (κ2) is 3.81. The lowest BCUT2D eigenvalue weighted by atomic mass is 10.1. The van der Waals surface area contributed by atoms with Gasteiger partial charge in [0, 0.05) is 23.9 Å². The van der Waals surface area contributed by atoms with Crippen molar-refractivity contribution >= 4 is 5.78 Å². The first-order valence-corrected chi connectivity index (χ1v) is 3.81. The lowest BCUT2D eigenvalue weighted by molar-refractivity contribution is 0.0995. The molecule has 1 aromatic rings. The third-order valence-electron chi connectivity index (χ3n) is 1.55. The molecule has 0 aliphatic heterocycles. The van der Waals surface area contributed by atoms with E-state index in [0.29, 0.717) is 12.0 Å². The van der Waals surface area contributed by atoms with Crippen molar-refractivity contribution in [2.24, 2.45) is 0 Å². The van der Waals surface area contributed by atoms with Crippen molar-refractivity contribution in [1.29, 1.82) is 0 Å². The highest BCUT2D eigenvalue weighted by Gasteiger charge is 2.02. The van der Waals surface area contributed by atoms with E-state index in [9.17, 15) is 4.79 Å². The third-order valence-corrected chi connectivity index (χ3v) is 1.55. The molecule has 0 bridgehead atoms. The average molecular weight is 161 g/mol. The van der Waals surface area contributed by atoms with E-state index >= 15 is 0 Å². The second-order valence-electron chi connectivity index (χ2n) is 2.60. The van der Waals surface area contributed by atoms with Gasteiger partial charge in [-0.3, -0.25) is 9.78 Å². The highest BCUT2D eigenvalue weighted by atomic mass is 16.1. The Bertz CT molecular complexity index is 304. The van der Waals surface area contributed by atoms with Gasteiger partial charge >= 0.3 is 0 Å². The molecule has 0 amide bonds. The quantitative estimate of drug-likeness (QED) is 0.502. The molecule has 0 fully saturated rings. The van der Waals surface area contributed by atoms with E-state index in [1.165, 1.54) is 0 Å². The third kappa shape index (κ3) is 2.02. The number of hydrogen-bond donors (Lipinski definition) is 0. The highest BCUT2D eigenvalue weighted by Crippen LogP contribution is 2.04. The maximum atomic E-state index is 11.3. The number of allylic oxidation sites excluding steroid dienone is 1. The highest BCUT2D eigenvalue weighted by molar-refractivity contribution is 5.96. The van der Waals surface area contributed by atoms with Crippen molar-refractivity contribution in [2.45, 2.75) is 13.3 Å². The van der Waals surface area contributed by atoms with Gasteiger partial charge in [-0.1, -0.05) is 6.08 Å². The summed E-state index contributed by atoms with van der Waals surface area (Å²) >= 11 is 0. The van der Waals surface area contributed by atoms with Gasteiger partial charge in [-0.25, -0.2) is 0 Å². The number of hydrogen-bond acceptors (Lipinski definition) is 2. The molecule has 1 aromatic heterocycles. The molecule has 2 nitrogen and oxygen atoms in total. The minimum Gasteiger partial charge on any atom is -0.294 e. The van der Waals surface area contributed by atoms with Crippen LogP contribution in [0.4, 0.5) is 0 Å². The van der Waals surface area contributed by atoms with Crippen molar-refractivity contribution < 1.29 is 4.79 Å². The molecular formula is C10H11NO. The Balaban J connectivity index is 2.87. The topological polar surface area (TPSA) is 30.0 Å². The summed E-state index contributed by atoms with van der Waals surface area (Å²) in [4.78, 5) is 15.3. The number of carbonyl (C=O) groups excluding carboxylic acids is 1. The molecule has 0 saturated heterocycles. The summed E-state index contributed by atoms with van der Waals surface area (Å²) in [6, 6.07) is 3.50. The van der Waals surface area contributed by atoms with Crippen molar-refractivity contribution in [3.05, 3.63) is 42.2 Å². The van der Waals surface area contributed by atoms with Crippen LogP contribution in [0, 0.1) is 6.92 Å². The number of Topliss-reactive ketones (excluding diaryl/α,β-unsaturated/α-hetero) is 1. The molecule has 0 unspecified atom stereocenters. The SMILES string of the molecule is C=CCC(=O)c1ccnc(C)c1. The Labute approximate surface area is 71.9 Å². The van der Waals surface area contributed by atoms with E-state index in [0.717, 1.165) is 5.69 Å². The van der Waals surface area contributed by atoms with E-state index < -0.39 is 0 Å². The second-order valence-corrected chi connectivity index (χ2v) is 2.60. The molecule has 12 heavy (non-hydrogen) atoms. The summed E-state index contributed by atoms with van der Waals surface area (Å²) in [6.07, 6.45) is 3.65. The summed E-state index contributed by atoms with van der Waals surface area (Å²) in [5.74, 6) is 0.0931. The molecule has 0 aliphatic carbocycles. The van der Waals surface area contributed by atoms with Gasteiger partial charge in [0.15, 0.2) is 5.78 Å². The first kappa shape index (κ1) is 8.65. The molecule has 0 radical (unpaired) electrons. The summed E-state index contributed by atoms with van der Waals surface area (Å²) in [5, 5.41) is 0. The molecule has 2 heteroatoms. The zero-order valence-electron chi connectivity index (χ0n) is 7.08. The van der Waals surface area contributed by atoms with Gasteiger partial charge in [0.2, 0.25) is 0 Å². The van der Waals surface area contributed by atoms with E-state index in [2.05, 4.69) is 11.6 Å². The van der Waals surface area contributed by atoms with Crippen LogP contribution in [0.25, 0.3) is 0 Å². The normalized spacial score (nSPS) is 9.42. The zero-order chi connectivity index (χ0) is 8.97. The maximum Gasteiger partial charge on any atom is 0.166 e. The largest absolute Gasteiger partial charge is 0.294 e. The predicted molar refractivity (Wildman–Crippen MR) is 48.1 cm³/mol. The van der Waals surface area contributed by atoms with Crippen LogP contribution in [0.5, 0.6) is 0 Å². The van der Waals surface area contributed by atoms with Crippen LogP contribution in [0.15, 0.2) is 31.0 Å². The van der Waals surface area contributed by atoms with Gasteiger partial charge in [-0.2, -0.15) is 0 Å². The molecule has 0 N–H and O–H groups in total. The molecular weight excluding hydrogens is 150 g/mol. The smallest absolute Gasteiger partial charge is 0.166 e. The minimum absolute atomic E-state index is 0.0931. The Morgan fingerprint density at radius 2 is 2.50 bits per heavy atom. The van der Waals surface area contributed by atoms with Gasteiger partial charge < -0.3 is 0 Å². The summed E-state index contributed by atoms with van der Waals surface area (Å²) in [5.41, 5.74) is 1.58. The summed E-state index contributed by atoms with van der Waals surface area (Å²) < 4.78 is 0. The monoisotopic (exact) mass is 161 g/mol. The number of nitrogens with zero attached hydrogens (tertiary/aromatic N) is 1. The fourth-order valence-electron chi connectivity index (χ4n) is 0.968. The molecule has 0 saturated carbocycles. The first-order valence-electron chi connectivity index (χ1n) is 3.81. The summed E-state index contributed by atoms with van der Waals surface area (Å²) in [6.45, 7) is 5.38. The number of aryl methyl sites for hydroxylation is 1. The van der Waals surface area contributed by atoms with Crippen molar-refractivity contribution in [3.8, 4) is 0 Å². The Morgan fingerprint density at radius 1 is 1.75 bits per heavy atom. The number of ketones is 1. The van der Waals surface area contributed by atoms with Crippen LogP contribution in [0.3, 0.4) is 0 Å². The van der Waals surface area contributed by atoms with Crippen molar-refractivity contribution in [1.82, 2.24) is 4.98 Å². The molecule has 1 rings (SSSR count). The lowest BCUT2D eigenvalue weighted by Gasteiger charge is -1.97. The van der Waals surface area contributed by atoms with Crippen LogP contribution in [0.1, 0.15) is 22.5 Å². The van der Waals surface area contributed by atoms with Crippen LogP contribution >= 0.6 is 0 Å². The standard InChI is InChI=1S/C10H11NO/c1-3-4-10(12)9-5-6-11-8(2)7-9/h3,5-7H,1,4H2,2H3. The molecule has 62 valence electrons. The van der Waals surface area contributed by atoms with E-state index in [1.807, 2.05) is 6.92 Å². The van der Waals surface area contributed by atoms with Crippen LogP contribution in [-0.4, -0.2) is 10.8 Å². The molecule has 0 atom stereocenters. The molecule has 0 aliphatic rings. The van der Waals surface area contributed by atoms with Gasteiger partial charge in [-0.05, 0) is 19.1 Å². The Morgan fingerprint density at radius 3 is 3.08 bits per heavy atom. The number of pyridine rings is 1. The Kier molecular flexibility index (Phi) is 2.75. The lowest BCUT2D eigenvalue weighted by Crippen LogP contribution is -1.97. The van der Waals surface area contributed by atoms with E-state index in [4.69, 9.17) is 0 Å². The fraction of sp³-hybridized carbons (Fsp3) is 0.200. The van der Waals surface area contributed by atoms with E-state index in [-0.39, 0.29) is 5.78 Å². The number of rotatable bonds is 3. The van der Waals surface area contributed by atoms with Crippen molar-refractivity contribution in [3.63, 3.8) is 0 Å². The maximum absolute atomic E-state index is 11.3. The Hall–Kier alpha value is -1.44. The van der Waals surface area contributed by atoms with E-state index in [1.54, 1.807) is 24.4 Å². The van der Waals surface area contributed by atoms with Gasteiger partial charge in [0.1, 0.15) is 0 Å². The summed E-state index contributed by atoms with van der Waals surface area (Å²) in [7, 11) is 0. The van der Waals surface area contributed by atoms with Gasteiger partial charge in [0.05, 0.1) is 0 Å².